The summed E-state index contributed by atoms with van der Waals surface area (Å²) < 4.78 is 0. The van der Waals surface area contributed by atoms with Crippen LogP contribution in [0.4, 0.5) is 16.2 Å². The highest BCUT2D eigenvalue weighted by Gasteiger charge is 2.05. The minimum absolute atomic E-state index is 0.243. The summed E-state index contributed by atoms with van der Waals surface area (Å²) in [5.41, 5.74) is 1.47. The molecule has 0 saturated carbocycles. The quantitative estimate of drug-likeness (QED) is 0.789. The predicted molar refractivity (Wildman–Crippen MR) is 72.5 cm³/mol. The van der Waals surface area contributed by atoms with Crippen LogP contribution in [0.1, 0.15) is 10.4 Å². The highest BCUT2D eigenvalue weighted by molar-refractivity contribution is 6.04. The van der Waals surface area contributed by atoms with E-state index < -0.39 is 6.09 Å². The van der Waals surface area contributed by atoms with Gasteiger partial charge in [0.15, 0.2) is 0 Å². The molecule has 0 saturated heterocycles. The number of carbonyl (C=O) groups excluding carboxylic acids is 1. The van der Waals surface area contributed by atoms with Crippen molar-refractivity contribution in [3.63, 3.8) is 0 Å². The van der Waals surface area contributed by atoms with Crippen molar-refractivity contribution in [3.05, 3.63) is 60.2 Å². The molecule has 5 heteroatoms. The number of anilines is 2. The van der Waals surface area contributed by atoms with Gasteiger partial charge in [-0.25, -0.2) is 4.79 Å². The van der Waals surface area contributed by atoms with Gasteiger partial charge in [0.1, 0.15) is 0 Å². The zero-order valence-electron chi connectivity index (χ0n) is 9.96. The van der Waals surface area contributed by atoms with Gasteiger partial charge in [-0.15, -0.1) is 0 Å². The van der Waals surface area contributed by atoms with Crippen LogP contribution >= 0.6 is 0 Å². The molecular formula is C14H12N2O3. The van der Waals surface area contributed by atoms with E-state index in [4.69, 9.17) is 5.11 Å². The van der Waals surface area contributed by atoms with E-state index in [0.29, 0.717) is 16.9 Å². The van der Waals surface area contributed by atoms with E-state index in [1.54, 1.807) is 48.5 Å². The molecule has 2 rings (SSSR count). The second-order valence-corrected chi connectivity index (χ2v) is 3.83. The summed E-state index contributed by atoms with van der Waals surface area (Å²) in [5, 5.41) is 13.5. The van der Waals surface area contributed by atoms with E-state index in [-0.39, 0.29) is 5.91 Å². The third kappa shape index (κ3) is 3.57. The van der Waals surface area contributed by atoms with Crippen molar-refractivity contribution in [2.24, 2.45) is 0 Å². The molecule has 0 radical (unpaired) electrons. The molecule has 96 valence electrons. The number of carboxylic acid groups (broad SMARTS) is 1. The Balaban J connectivity index is 2.11. The summed E-state index contributed by atoms with van der Waals surface area (Å²) in [4.78, 5) is 22.4. The van der Waals surface area contributed by atoms with Crippen molar-refractivity contribution < 1.29 is 14.7 Å². The zero-order valence-corrected chi connectivity index (χ0v) is 9.96. The Hall–Kier alpha value is -2.82. The van der Waals surface area contributed by atoms with Crippen molar-refractivity contribution in [2.75, 3.05) is 10.6 Å². The largest absolute Gasteiger partial charge is 0.465 e. The Morgan fingerprint density at radius 2 is 1.47 bits per heavy atom. The van der Waals surface area contributed by atoms with Gasteiger partial charge in [0.05, 0.1) is 0 Å². The molecule has 0 aliphatic heterocycles. The number of nitrogens with one attached hydrogen (secondary N) is 2. The lowest BCUT2D eigenvalue weighted by Gasteiger charge is -2.07. The molecular weight excluding hydrogens is 244 g/mol. The average molecular weight is 256 g/mol. The second kappa shape index (κ2) is 5.68. The topological polar surface area (TPSA) is 78.4 Å². The summed E-state index contributed by atoms with van der Waals surface area (Å²) in [6.45, 7) is 0. The van der Waals surface area contributed by atoms with Crippen molar-refractivity contribution in [1.29, 1.82) is 0 Å². The van der Waals surface area contributed by atoms with Gasteiger partial charge in [0.2, 0.25) is 0 Å². The molecule has 0 atom stereocenters. The third-order valence-corrected chi connectivity index (χ3v) is 2.41. The standard InChI is InChI=1S/C14H12N2O3/c17-13(10-5-2-1-3-6-10)15-11-7-4-8-12(9-11)16-14(18)19/h1-9,16H,(H,15,17)(H,18,19). The van der Waals surface area contributed by atoms with Crippen LogP contribution in [0.25, 0.3) is 0 Å². The Bertz CT molecular complexity index is 597. The summed E-state index contributed by atoms with van der Waals surface area (Å²) in [5.74, 6) is -0.243. The molecule has 2 aromatic carbocycles. The predicted octanol–water partition coefficient (Wildman–Crippen LogP) is 3.03. The number of carbonyl (C=O) groups is 2. The van der Waals surface area contributed by atoms with Crippen LogP contribution in [-0.4, -0.2) is 17.1 Å². The maximum absolute atomic E-state index is 11.9. The lowest BCUT2D eigenvalue weighted by Crippen LogP contribution is -2.12. The maximum atomic E-state index is 11.9. The van der Waals surface area contributed by atoms with Gasteiger partial charge in [-0.1, -0.05) is 24.3 Å². The molecule has 0 aliphatic rings. The average Bonchev–Trinajstić information content (AvgIpc) is 2.39. The van der Waals surface area contributed by atoms with Crippen molar-refractivity contribution in [1.82, 2.24) is 0 Å². The van der Waals surface area contributed by atoms with E-state index in [1.165, 1.54) is 0 Å². The number of amides is 2. The fourth-order valence-electron chi connectivity index (χ4n) is 1.59. The van der Waals surface area contributed by atoms with Crippen LogP contribution in [-0.2, 0) is 0 Å². The number of rotatable bonds is 3. The van der Waals surface area contributed by atoms with E-state index in [0.717, 1.165) is 0 Å². The normalized spacial score (nSPS) is 9.68. The van der Waals surface area contributed by atoms with Gasteiger partial charge in [-0.2, -0.15) is 0 Å². The third-order valence-electron chi connectivity index (χ3n) is 2.41. The van der Waals surface area contributed by atoms with Gasteiger partial charge in [0.25, 0.3) is 5.91 Å². The summed E-state index contributed by atoms with van der Waals surface area (Å²) >= 11 is 0. The fourth-order valence-corrected chi connectivity index (χ4v) is 1.59. The van der Waals surface area contributed by atoms with Crippen LogP contribution in [0.15, 0.2) is 54.6 Å². The van der Waals surface area contributed by atoms with E-state index in [1.807, 2.05) is 6.07 Å². The van der Waals surface area contributed by atoms with Gasteiger partial charge in [-0.05, 0) is 30.3 Å². The molecule has 0 aromatic heterocycles. The SMILES string of the molecule is O=C(O)Nc1cccc(NC(=O)c2ccccc2)c1. The first-order valence-corrected chi connectivity index (χ1v) is 5.61. The molecule has 3 N–H and O–H groups in total. The smallest absolute Gasteiger partial charge is 0.409 e. The van der Waals surface area contributed by atoms with E-state index >= 15 is 0 Å². The summed E-state index contributed by atoms with van der Waals surface area (Å²) in [6, 6.07) is 15.3. The van der Waals surface area contributed by atoms with Crippen LogP contribution in [0, 0.1) is 0 Å². The Labute approximate surface area is 109 Å². The van der Waals surface area contributed by atoms with E-state index in [9.17, 15) is 9.59 Å². The molecule has 0 spiro atoms. The Kier molecular flexibility index (Phi) is 3.78. The first kappa shape index (κ1) is 12.6. The number of hydrogen-bond donors (Lipinski definition) is 3. The monoisotopic (exact) mass is 256 g/mol. The zero-order chi connectivity index (χ0) is 13.7. The molecule has 0 unspecified atom stereocenters. The lowest BCUT2D eigenvalue weighted by molar-refractivity contribution is 0.102. The van der Waals surface area contributed by atoms with Crippen molar-refractivity contribution in [2.45, 2.75) is 0 Å². The molecule has 2 aromatic rings. The molecule has 0 heterocycles. The van der Waals surface area contributed by atoms with Crippen LogP contribution in [0.3, 0.4) is 0 Å². The molecule has 5 nitrogen and oxygen atoms in total. The number of benzene rings is 2. The van der Waals surface area contributed by atoms with Crippen LogP contribution in [0.5, 0.6) is 0 Å². The highest BCUT2D eigenvalue weighted by Crippen LogP contribution is 2.16. The summed E-state index contributed by atoms with van der Waals surface area (Å²) in [6.07, 6.45) is -1.15. The lowest BCUT2D eigenvalue weighted by atomic mass is 10.2. The minimum atomic E-state index is -1.15. The fraction of sp³-hybridized carbons (Fsp3) is 0. The van der Waals surface area contributed by atoms with Crippen LogP contribution in [0.2, 0.25) is 0 Å². The molecule has 2 amide bonds. The first-order valence-electron chi connectivity index (χ1n) is 5.61. The van der Waals surface area contributed by atoms with Gasteiger partial charge >= 0.3 is 6.09 Å². The van der Waals surface area contributed by atoms with Crippen molar-refractivity contribution >= 4 is 23.4 Å². The number of hydrogen-bond acceptors (Lipinski definition) is 2. The van der Waals surface area contributed by atoms with E-state index in [2.05, 4.69) is 10.6 Å². The first-order chi connectivity index (χ1) is 9.15. The maximum Gasteiger partial charge on any atom is 0.409 e. The summed E-state index contributed by atoms with van der Waals surface area (Å²) in [7, 11) is 0. The Morgan fingerprint density at radius 3 is 2.11 bits per heavy atom. The van der Waals surface area contributed by atoms with Gasteiger partial charge < -0.3 is 10.4 Å². The second-order valence-electron chi connectivity index (χ2n) is 3.83. The highest BCUT2D eigenvalue weighted by atomic mass is 16.4. The minimum Gasteiger partial charge on any atom is -0.465 e. The van der Waals surface area contributed by atoms with Gasteiger partial charge in [0, 0.05) is 16.9 Å². The molecule has 0 aliphatic carbocycles. The Morgan fingerprint density at radius 1 is 0.842 bits per heavy atom. The van der Waals surface area contributed by atoms with Crippen molar-refractivity contribution in [3.8, 4) is 0 Å². The molecule has 19 heavy (non-hydrogen) atoms. The van der Waals surface area contributed by atoms with Crippen LogP contribution < -0.4 is 10.6 Å². The molecule has 0 bridgehead atoms. The van der Waals surface area contributed by atoms with Gasteiger partial charge in [-0.3, -0.25) is 10.1 Å². The molecule has 0 fully saturated rings.